The molecule has 0 saturated heterocycles. The Labute approximate surface area is 187 Å². The first-order chi connectivity index (χ1) is 14.8. The number of hydrazine groups is 1. The summed E-state index contributed by atoms with van der Waals surface area (Å²) < 4.78 is 1.75. The fraction of sp³-hybridized carbons (Fsp3) is 0.455. The first-order valence-corrected chi connectivity index (χ1v) is 11.0. The third-order valence-electron chi connectivity index (χ3n) is 5.07. The zero-order valence-electron chi connectivity index (χ0n) is 18.7. The second kappa shape index (κ2) is 9.96. The molecule has 0 atom stereocenters. The Kier molecular flexibility index (Phi) is 7.33. The van der Waals surface area contributed by atoms with E-state index in [1.807, 2.05) is 26.1 Å². The maximum Gasteiger partial charge on any atom is 0.337 e. The van der Waals surface area contributed by atoms with Crippen molar-refractivity contribution in [2.24, 2.45) is 7.05 Å². The maximum absolute atomic E-state index is 12.4. The van der Waals surface area contributed by atoms with Gasteiger partial charge in [-0.3, -0.25) is 15.5 Å². The van der Waals surface area contributed by atoms with Crippen molar-refractivity contribution in [3.05, 3.63) is 40.3 Å². The van der Waals surface area contributed by atoms with Crippen molar-refractivity contribution in [1.82, 2.24) is 25.2 Å². The second-order valence-electron chi connectivity index (χ2n) is 7.99. The van der Waals surface area contributed by atoms with Crippen molar-refractivity contribution in [2.45, 2.75) is 59.3 Å². The quantitative estimate of drug-likeness (QED) is 0.248. The van der Waals surface area contributed by atoms with E-state index in [1.54, 1.807) is 10.7 Å². The predicted molar refractivity (Wildman–Crippen MR) is 126 cm³/mol. The van der Waals surface area contributed by atoms with Gasteiger partial charge in [0.2, 0.25) is 0 Å². The zero-order chi connectivity index (χ0) is 22.5. The van der Waals surface area contributed by atoms with Crippen LogP contribution >= 0.6 is 11.6 Å². The number of fused-ring (bicyclic) bond motifs is 1. The van der Waals surface area contributed by atoms with Gasteiger partial charge in [0.25, 0.3) is 0 Å². The summed E-state index contributed by atoms with van der Waals surface area (Å²) in [6.45, 7) is 8.37. The Bertz CT molecular complexity index is 1080. The largest absolute Gasteiger partial charge is 0.337 e. The average molecular weight is 444 g/mol. The molecular weight excluding hydrogens is 414 g/mol. The topological polar surface area (TPSA) is 96.8 Å². The number of aryl methyl sites for hydroxylation is 3. The summed E-state index contributed by atoms with van der Waals surface area (Å²) >= 11 is 6.12. The molecule has 0 aliphatic heterocycles. The van der Waals surface area contributed by atoms with Crippen LogP contribution in [0.25, 0.3) is 11.0 Å². The number of carbonyl (C=O) groups is 1. The summed E-state index contributed by atoms with van der Waals surface area (Å²) in [4.78, 5) is 21.4. The molecule has 0 unspecified atom stereocenters. The van der Waals surface area contributed by atoms with Crippen LogP contribution in [0.5, 0.6) is 0 Å². The van der Waals surface area contributed by atoms with Crippen LogP contribution in [0, 0.1) is 6.92 Å². The molecule has 0 bridgehead atoms. The van der Waals surface area contributed by atoms with Gasteiger partial charge in [-0.1, -0.05) is 45.2 Å². The van der Waals surface area contributed by atoms with Gasteiger partial charge in [-0.15, -0.1) is 0 Å². The first-order valence-electron chi connectivity index (χ1n) is 10.6. The van der Waals surface area contributed by atoms with Crippen LogP contribution in [0.15, 0.2) is 18.2 Å². The van der Waals surface area contributed by atoms with Crippen molar-refractivity contribution in [3.8, 4) is 0 Å². The molecule has 0 spiro atoms. The average Bonchev–Trinajstić information content (AvgIpc) is 2.99. The van der Waals surface area contributed by atoms with Crippen LogP contribution in [-0.4, -0.2) is 25.8 Å². The van der Waals surface area contributed by atoms with E-state index in [4.69, 9.17) is 11.6 Å². The SMILES string of the molecule is CCCCCc1cc(NC(=O)NNc2cc(C(C)C)c3c(C)nn(C)c3n2)cc(Cl)n1. The summed E-state index contributed by atoms with van der Waals surface area (Å²) in [6.07, 6.45) is 4.13. The van der Waals surface area contributed by atoms with E-state index >= 15 is 0 Å². The van der Waals surface area contributed by atoms with E-state index in [0.717, 1.165) is 53.7 Å². The lowest BCUT2D eigenvalue weighted by molar-refractivity contribution is 0.254. The van der Waals surface area contributed by atoms with Crippen molar-refractivity contribution >= 4 is 40.2 Å². The molecule has 2 amide bonds. The fourth-order valence-electron chi connectivity index (χ4n) is 3.59. The molecule has 3 N–H and O–H groups in total. The molecule has 3 heterocycles. The number of pyridine rings is 2. The van der Waals surface area contributed by atoms with Gasteiger partial charge < -0.3 is 5.32 Å². The van der Waals surface area contributed by atoms with Crippen LogP contribution in [0.3, 0.4) is 0 Å². The minimum atomic E-state index is -0.420. The van der Waals surface area contributed by atoms with Gasteiger partial charge in [-0.2, -0.15) is 5.10 Å². The molecule has 3 rings (SSSR count). The Balaban J connectivity index is 1.70. The highest BCUT2D eigenvalue weighted by Crippen LogP contribution is 2.29. The molecule has 0 aliphatic rings. The number of hydrogen-bond donors (Lipinski definition) is 3. The normalized spacial score (nSPS) is 11.2. The Morgan fingerprint density at radius 3 is 2.68 bits per heavy atom. The van der Waals surface area contributed by atoms with Crippen LogP contribution < -0.4 is 16.2 Å². The molecule has 0 aromatic carbocycles. The van der Waals surface area contributed by atoms with Gasteiger partial charge in [0.1, 0.15) is 11.0 Å². The van der Waals surface area contributed by atoms with Gasteiger partial charge >= 0.3 is 6.03 Å². The number of aromatic nitrogens is 4. The van der Waals surface area contributed by atoms with Gasteiger partial charge in [0.15, 0.2) is 5.65 Å². The molecule has 0 fully saturated rings. The summed E-state index contributed by atoms with van der Waals surface area (Å²) in [5.41, 5.74) is 9.83. The van der Waals surface area contributed by atoms with Gasteiger partial charge in [-0.05, 0) is 49.4 Å². The third-order valence-corrected chi connectivity index (χ3v) is 5.26. The molecule has 3 aromatic rings. The van der Waals surface area contributed by atoms with E-state index in [-0.39, 0.29) is 5.92 Å². The Hall–Kier alpha value is -2.87. The van der Waals surface area contributed by atoms with Gasteiger partial charge in [-0.25, -0.2) is 14.8 Å². The Morgan fingerprint density at radius 1 is 1.19 bits per heavy atom. The Morgan fingerprint density at radius 2 is 1.97 bits per heavy atom. The molecule has 3 aromatic heterocycles. The number of hydrogen-bond acceptors (Lipinski definition) is 5. The molecule has 166 valence electrons. The molecular formula is C22H30ClN7O. The standard InChI is InChI=1S/C22H30ClN7O/c1-6-7-8-9-15-10-16(11-18(23)24-15)25-22(31)28-27-19-12-17(13(2)3)20-14(4)29-30(5)21(20)26-19/h10-13H,6-9H2,1-5H3,(H,26,27)(H2,24,25,28,31). The number of halogens is 1. The minimum absolute atomic E-state index is 0.285. The number of anilines is 2. The first kappa shape index (κ1) is 22.8. The van der Waals surface area contributed by atoms with E-state index in [1.165, 1.54) is 0 Å². The summed E-state index contributed by atoms with van der Waals surface area (Å²) in [5.74, 6) is 0.829. The molecule has 31 heavy (non-hydrogen) atoms. The van der Waals surface area contributed by atoms with E-state index < -0.39 is 6.03 Å². The van der Waals surface area contributed by atoms with Crippen LogP contribution in [0.2, 0.25) is 5.15 Å². The number of nitrogens with one attached hydrogen (secondary N) is 3. The molecule has 0 aliphatic carbocycles. The monoisotopic (exact) mass is 443 g/mol. The number of nitrogens with zero attached hydrogens (tertiary/aromatic N) is 4. The lowest BCUT2D eigenvalue weighted by Crippen LogP contribution is -2.34. The second-order valence-corrected chi connectivity index (χ2v) is 8.38. The highest BCUT2D eigenvalue weighted by molar-refractivity contribution is 6.29. The number of carbonyl (C=O) groups excluding carboxylic acids is 1. The van der Waals surface area contributed by atoms with Crippen molar-refractivity contribution in [3.63, 3.8) is 0 Å². The summed E-state index contributed by atoms with van der Waals surface area (Å²) in [7, 11) is 1.86. The predicted octanol–water partition coefficient (Wildman–Crippen LogP) is 5.33. The van der Waals surface area contributed by atoms with Crippen molar-refractivity contribution in [1.29, 1.82) is 0 Å². The minimum Gasteiger partial charge on any atom is -0.306 e. The molecule has 0 radical (unpaired) electrons. The van der Waals surface area contributed by atoms with Gasteiger partial charge in [0, 0.05) is 23.8 Å². The molecule has 8 nitrogen and oxygen atoms in total. The lowest BCUT2D eigenvalue weighted by atomic mass is 10.00. The third kappa shape index (κ3) is 5.64. The number of urea groups is 1. The highest BCUT2D eigenvalue weighted by atomic mass is 35.5. The number of unbranched alkanes of at least 4 members (excludes halogenated alkanes) is 2. The summed E-state index contributed by atoms with van der Waals surface area (Å²) in [6, 6.07) is 5.00. The number of rotatable bonds is 8. The number of amides is 2. The van der Waals surface area contributed by atoms with E-state index in [9.17, 15) is 4.79 Å². The molecule has 0 saturated carbocycles. The van der Waals surface area contributed by atoms with Crippen LogP contribution in [0.4, 0.5) is 16.3 Å². The smallest absolute Gasteiger partial charge is 0.306 e. The van der Waals surface area contributed by atoms with Crippen LogP contribution in [0.1, 0.15) is 62.9 Å². The van der Waals surface area contributed by atoms with Crippen LogP contribution in [-0.2, 0) is 13.5 Å². The van der Waals surface area contributed by atoms with Crippen molar-refractivity contribution in [2.75, 3.05) is 10.7 Å². The highest BCUT2D eigenvalue weighted by Gasteiger charge is 2.16. The maximum atomic E-state index is 12.4. The van der Waals surface area contributed by atoms with Gasteiger partial charge in [0.05, 0.1) is 5.69 Å². The van der Waals surface area contributed by atoms with E-state index in [2.05, 4.69) is 52.0 Å². The van der Waals surface area contributed by atoms with Crippen molar-refractivity contribution < 1.29 is 4.79 Å². The lowest BCUT2D eigenvalue weighted by Gasteiger charge is -2.13. The van der Waals surface area contributed by atoms with E-state index in [0.29, 0.717) is 16.7 Å². The summed E-state index contributed by atoms with van der Waals surface area (Å²) in [5, 5.41) is 8.68. The molecule has 9 heteroatoms. The zero-order valence-corrected chi connectivity index (χ0v) is 19.5. The fourth-order valence-corrected chi connectivity index (χ4v) is 3.81.